The van der Waals surface area contributed by atoms with Gasteiger partial charge in [0, 0.05) is 34.2 Å². The Morgan fingerprint density at radius 3 is 2.08 bits per heavy atom. The number of pyridine rings is 1. The lowest BCUT2D eigenvalue weighted by Crippen LogP contribution is -2.19. The lowest BCUT2D eigenvalue weighted by molar-refractivity contribution is -0.115. The van der Waals surface area contributed by atoms with E-state index in [1.54, 1.807) is 24.5 Å². The molecule has 5 aromatic rings. The van der Waals surface area contributed by atoms with Crippen molar-refractivity contribution in [2.24, 2.45) is 0 Å². The van der Waals surface area contributed by atoms with Crippen LogP contribution >= 0.6 is 11.8 Å². The summed E-state index contributed by atoms with van der Waals surface area (Å²) in [6.45, 7) is 0. The van der Waals surface area contributed by atoms with Crippen molar-refractivity contribution in [3.8, 4) is 0 Å². The highest BCUT2D eigenvalue weighted by atomic mass is 32.2. The summed E-state index contributed by atoms with van der Waals surface area (Å²) in [5.41, 5.74) is 2.89. The standard InChI is InChI=1S/C30H23N3O2S/c34-29(24-11-10-21-6-4-5-9-23(21)20-24)32-25-12-14-27(15-13-25)36-28(22-7-2-1-3-8-22)30(35)33-26-16-18-31-19-17-26/h1-20,28H,(H,32,34)(H,31,33,35). The molecule has 0 aliphatic carbocycles. The van der Waals surface area contributed by atoms with Crippen LogP contribution in [0.5, 0.6) is 0 Å². The van der Waals surface area contributed by atoms with E-state index in [4.69, 9.17) is 0 Å². The van der Waals surface area contributed by atoms with E-state index in [0.29, 0.717) is 16.9 Å². The number of anilines is 2. The third kappa shape index (κ3) is 5.62. The van der Waals surface area contributed by atoms with E-state index >= 15 is 0 Å². The average molecular weight is 490 g/mol. The topological polar surface area (TPSA) is 71.1 Å². The minimum atomic E-state index is -0.447. The Kier molecular flexibility index (Phi) is 7.05. The monoisotopic (exact) mass is 489 g/mol. The smallest absolute Gasteiger partial charge is 0.255 e. The predicted molar refractivity (Wildman–Crippen MR) is 146 cm³/mol. The number of rotatable bonds is 7. The number of nitrogens with zero attached hydrogens (tertiary/aromatic N) is 1. The fourth-order valence-electron chi connectivity index (χ4n) is 3.83. The van der Waals surface area contributed by atoms with Gasteiger partial charge in [0.05, 0.1) is 0 Å². The SMILES string of the molecule is O=C(Nc1ccc(SC(C(=O)Nc2ccncc2)c2ccccc2)cc1)c1ccc2ccccc2c1. The Balaban J connectivity index is 1.30. The lowest BCUT2D eigenvalue weighted by atomic mass is 10.1. The van der Waals surface area contributed by atoms with Gasteiger partial charge in [0.25, 0.3) is 5.91 Å². The van der Waals surface area contributed by atoms with Crippen molar-refractivity contribution >= 4 is 45.7 Å². The number of benzene rings is 4. The highest BCUT2D eigenvalue weighted by Gasteiger charge is 2.22. The van der Waals surface area contributed by atoms with Crippen molar-refractivity contribution in [3.05, 3.63) is 133 Å². The third-order valence-electron chi connectivity index (χ3n) is 5.67. The van der Waals surface area contributed by atoms with Crippen molar-refractivity contribution in [2.45, 2.75) is 10.1 Å². The van der Waals surface area contributed by atoms with E-state index in [-0.39, 0.29) is 11.8 Å². The summed E-state index contributed by atoms with van der Waals surface area (Å²) in [5.74, 6) is -0.286. The number of hydrogen-bond acceptors (Lipinski definition) is 4. The van der Waals surface area contributed by atoms with Gasteiger partial charge in [0.15, 0.2) is 0 Å². The van der Waals surface area contributed by atoms with E-state index in [2.05, 4.69) is 15.6 Å². The number of amides is 2. The van der Waals surface area contributed by atoms with Gasteiger partial charge in [-0.25, -0.2) is 0 Å². The van der Waals surface area contributed by atoms with Crippen molar-refractivity contribution in [1.29, 1.82) is 0 Å². The van der Waals surface area contributed by atoms with Crippen LogP contribution in [0.3, 0.4) is 0 Å². The first kappa shape index (κ1) is 23.3. The second-order valence-electron chi connectivity index (χ2n) is 8.17. The fraction of sp³-hybridized carbons (Fsp3) is 0.0333. The molecule has 0 radical (unpaired) electrons. The van der Waals surface area contributed by atoms with Gasteiger partial charge in [0.1, 0.15) is 5.25 Å². The number of aromatic nitrogens is 1. The van der Waals surface area contributed by atoms with E-state index in [1.165, 1.54) is 11.8 Å². The highest BCUT2D eigenvalue weighted by molar-refractivity contribution is 8.00. The number of carbonyl (C=O) groups is 2. The van der Waals surface area contributed by atoms with Gasteiger partial charge < -0.3 is 10.6 Å². The Hall–Kier alpha value is -4.42. The van der Waals surface area contributed by atoms with Gasteiger partial charge in [-0.3, -0.25) is 14.6 Å². The maximum Gasteiger partial charge on any atom is 0.255 e. The molecule has 36 heavy (non-hydrogen) atoms. The highest BCUT2D eigenvalue weighted by Crippen LogP contribution is 2.36. The molecule has 1 atom stereocenters. The average Bonchev–Trinajstić information content (AvgIpc) is 2.93. The second kappa shape index (κ2) is 10.9. The van der Waals surface area contributed by atoms with Crippen molar-refractivity contribution in [1.82, 2.24) is 4.98 Å². The molecule has 5 rings (SSSR count). The largest absolute Gasteiger partial charge is 0.325 e. The summed E-state index contributed by atoms with van der Waals surface area (Å²) in [4.78, 5) is 30.9. The van der Waals surface area contributed by atoms with Gasteiger partial charge in [-0.1, -0.05) is 60.7 Å². The molecule has 1 heterocycles. The van der Waals surface area contributed by atoms with Gasteiger partial charge in [0.2, 0.25) is 5.91 Å². The molecular formula is C30H23N3O2S. The third-order valence-corrected chi connectivity index (χ3v) is 6.93. The van der Waals surface area contributed by atoms with Crippen molar-refractivity contribution < 1.29 is 9.59 Å². The maximum atomic E-state index is 13.2. The number of carbonyl (C=O) groups excluding carboxylic acids is 2. The van der Waals surface area contributed by atoms with Crippen LogP contribution in [0.4, 0.5) is 11.4 Å². The van der Waals surface area contributed by atoms with E-state index in [0.717, 1.165) is 21.2 Å². The lowest BCUT2D eigenvalue weighted by Gasteiger charge is -2.17. The molecule has 0 fully saturated rings. The van der Waals surface area contributed by atoms with Crippen LogP contribution in [0, 0.1) is 0 Å². The molecule has 0 aliphatic heterocycles. The zero-order valence-electron chi connectivity index (χ0n) is 19.3. The Morgan fingerprint density at radius 1 is 0.667 bits per heavy atom. The summed E-state index contributed by atoms with van der Waals surface area (Å²) in [7, 11) is 0. The molecule has 4 aromatic carbocycles. The molecule has 0 aliphatic rings. The van der Waals surface area contributed by atoms with Crippen molar-refractivity contribution in [3.63, 3.8) is 0 Å². The summed E-state index contributed by atoms with van der Waals surface area (Å²) >= 11 is 1.45. The fourth-order valence-corrected chi connectivity index (χ4v) is 4.86. The van der Waals surface area contributed by atoms with Crippen LogP contribution in [0.1, 0.15) is 21.2 Å². The van der Waals surface area contributed by atoms with E-state index in [1.807, 2.05) is 97.1 Å². The molecule has 2 N–H and O–H groups in total. The van der Waals surface area contributed by atoms with Crippen LogP contribution in [-0.2, 0) is 4.79 Å². The molecular weight excluding hydrogens is 466 g/mol. The first-order chi connectivity index (χ1) is 17.7. The Bertz CT molecular complexity index is 1490. The molecule has 6 heteroatoms. The van der Waals surface area contributed by atoms with Gasteiger partial charge >= 0.3 is 0 Å². The normalized spacial score (nSPS) is 11.6. The van der Waals surface area contributed by atoms with E-state index < -0.39 is 5.25 Å². The van der Waals surface area contributed by atoms with Crippen LogP contribution < -0.4 is 10.6 Å². The summed E-state index contributed by atoms with van der Waals surface area (Å²) in [5, 5.41) is 7.60. The second-order valence-corrected chi connectivity index (χ2v) is 9.35. The molecule has 1 aromatic heterocycles. The quantitative estimate of drug-likeness (QED) is 0.243. The zero-order valence-corrected chi connectivity index (χ0v) is 20.1. The molecule has 1 unspecified atom stereocenters. The molecule has 0 spiro atoms. The summed E-state index contributed by atoms with van der Waals surface area (Å²) in [6, 6.07) is 34.3. The molecule has 5 nitrogen and oxygen atoms in total. The maximum absolute atomic E-state index is 13.2. The minimum absolute atomic E-state index is 0.119. The molecule has 0 saturated carbocycles. The van der Waals surface area contributed by atoms with E-state index in [9.17, 15) is 9.59 Å². The number of fused-ring (bicyclic) bond motifs is 1. The molecule has 0 saturated heterocycles. The van der Waals surface area contributed by atoms with Crippen LogP contribution in [-0.4, -0.2) is 16.8 Å². The van der Waals surface area contributed by atoms with Gasteiger partial charge in [-0.15, -0.1) is 11.8 Å². The summed E-state index contributed by atoms with van der Waals surface area (Å²) in [6.07, 6.45) is 3.29. The Morgan fingerprint density at radius 2 is 1.33 bits per heavy atom. The minimum Gasteiger partial charge on any atom is -0.325 e. The first-order valence-corrected chi connectivity index (χ1v) is 12.4. The molecule has 2 amide bonds. The van der Waals surface area contributed by atoms with Crippen LogP contribution in [0.25, 0.3) is 10.8 Å². The number of hydrogen-bond donors (Lipinski definition) is 2. The first-order valence-electron chi connectivity index (χ1n) is 11.5. The number of nitrogens with one attached hydrogen (secondary N) is 2. The molecule has 176 valence electrons. The Labute approximate surface area is 213 Å². The molecule has 0 bridgehead atoms. The van der Waals surface area contributed by atoms with Crippen molar-refractivity contribution in [2.75, 3.05) is 10.6 Å². The predicted octanol–water partition coefficient (Wildman–Crippen LogP) is 6.96. The summed E-state index contributed by atoms with van der Waals surface area (Å²) < 4.78 is 0. The van der Waals surface area contributed by atoms with Gasteiger partial charge in [-0.2, -0.15) is 0 Å². The van der Waals surface area contributed by atoms with Gasteiger partial charge in [-0.05, 0) is 64.9 Å². The van der Waals surface area contributed by atoms with Crippen LogP contribution in [0.2, 0.25) is 0 Å². The zero-order chi connectivity index (χ0) is 24.7. The van der Waals surface area contributed by atoms with Crippen LogP contribution in [0.15, 0.2) is 126 Å². The number of thioether (sulfide) groups is 1.